The minimum absolute atomic E-state index is 0.0266. The number of aromatic amines is 1. The minimum Gasteiger partial charge on any atom is -0.454 e. The van der Waals surface area contributed by atoms with Crippen LogP contribution in [0.5, 0.6) is 11.5 Å². The number of rotatable bonds is 7. The Balaban J connectivity index is 1.35. The van der Waals surface area contributed by atoms with Crippen LogP contribution in [0, 0.1) is 6.92 Å². The highest BCUT2D eigenvalue weighted by molar-refractivity contribution is 5.44. The molecule has 0 radical (unpaired) electrons. The molecular weight excluding hydrogens is 368 g/mol. The smallest absolute Gasteiger partial charge is 0.255 e. The number of aryl methyl sites for hydroxylation is 1. The van der Waals surface area contributed by atoms with Crippen molar-refractivity contribution >= 4 is 5.95 Å². The van der Waals surface area contributed by atoms with Crippen LogP contribution in [0.2, 0.25) is 0 Å². The van der Waals surface area contributed by atoms with Crippen molar-refractivity contribution in [1.29, 1.82) is 0 Å². The van der Waals surface area contributed by atoms with Gasteiger partial charge in [0, 0.05) is 16.8 Å². The van der Waals surface area contributed by atoms with E-state index in [1.807, 2.05) is 13.0 Å². The third kappa shape index (κ3) is 4.56. The molecule has 1 aromatic heterocycles. The van der Waals surface area contributed by atoms with Gasteiger partial charge in [0.25, 0.3) is 5.56 Å². The molecule has 1 saturated heterocycles. The van der Waals surface area contributed by atoms with E-state index >= 15 is 0 Å². The number of unbranched alkanes of at least 4 members (excludes halogenated alkanes) is 2. The van der Waals surface area contributed by atoms with Crippen LogP contribution < -0.4 is 24.8 Å². The molecule has 0 amide bonds. The second-order valence-corrected chi connectivity index (χ2v) is 8.01. The molecule has 2 aromatic rings. The molecule has 4 rings (SSSR count). The molecule has 156 valence electrons. The van der Waals surface area contributed by atoms with E-state index in [4.69, 9.17) is 14.5 Å². The number of benzene rings is 1. The van der Waals surface area contributed by atoms with E-state index in [0.29, 0.717) is 12.7 Å². The van der Waals surface area contributed by atoms with Crippen molar-refractivity contribution in [2.75, 3.05) is 37.9 Å². The van der Waals surface area contributed by atoms with E-state index in [0.717, 1.165) is 81.2 Å². The van der Waals surface area contributed by atoms with Gasteiger partial charge >= 0.3 is 0 Å². The molecule has 0 atom stereocenters. The Hall–Kier alpha value is -2.54. The second-order valence-electron chi connectivity index (χ2n) is 8.01. The number of hydrogen-bond acceptors (Lipinski definition) is 5. The SMILES string of the molecule is CCCCCc1c(C)nc(N2CC[NH+](Cc3ccc4c(c3)OCO4)CC2)[nH]c1=O. The van der Waals surface area contributed by atoms with Gasteiger partial charge in [0.15, 0.2) is 11.5 Å². The number of quaternary nitrogens is 1. The van der Waals surface area contributed by atoms with Crippen molar-refractivity contribution in [3.05, 3.63) is 45.4 Å². The van der Waals surface area contributed by atoms with Crippen LogP contribution in [0.1, 0.15) is 43.0 Å². The fraction of sp³-hybridized carbons (Fsp3) is 0.545. The zero-order chi connectivity index (χ0) is 20.2. The van der Waals surface area contributed by atoms with Crippen molar-refractivity contribution in [2.24, 2.45) is 0 Å². The van der Waals surface area contributed by atoms with Crippen LogP contribution in [0.15, 0.2) is 23.0 Å². The number of aromatic nitrogens is 2. The standard InChI is InChI=1S/C22H30N4O3/c1-3-4-5-6-18-16(2)23-22(24-21(18)27)26-11-9-25(10-12-26)14-17-7-8-19-20(13-17)29-15-28-19/h7-8,13H,3-6,9-12,14-15H2,1-2H3,(H,23,24,27)/p+1. The number of piperazine rings is 1. The number of hydrogen-bond donors (Lipinski definition) is 2. The zero-order valence-electron chi connectivity index (χ0n) is 17.4. The van der Waals surface area contributed by atoms with E-state index in [-0.39, 0.29) is 5.56 Å². The van der Waals surface area contributed by atoms with Crippen LogP contribution in [-0.4, -0.2) is 42.9 Å². The molecule has 2 aliphatic heterocycles. The molecule has 7 heteroatoms. The highest BCUT2D eigenvalue weighted by atomic mass is 16.7. The maximum absolute atomic E-state index is 12.5. The summed E-state index contributed by atoms with van der Waals surface area (Å²) in [5.74, 6) is 2.39. The number of anilines is 1. The maximum Gasteiger partial charge on any atom is 0.255 e. The third-order valence-corrected chi connectivity index (χ3v) is 5.90. The maximum atomic E-state index is 12.5. The number of nitrogens with zero attached hydrogens (tertiary/aromatic N) is 2. The summed E-state index contributed by atoms with van der Waals surface area (Å²) >= 11 is 0. The lowest BCUT2D eigenvalue weighted by Crippen LogP contribution is -3.13. The number of H-pyrrole nitrogens is 1. The number of nitrogens with one attached hydrogen (secondary N) is 2. The lowest BCUT2D eigenvalue weighted by Gasteiger charge is -2.32. The summed E-state index contributed by atoms with van der Waals surface area (Å²) in [6.45, 7) is 9.20. The summed E-state index contributed by atoms with van der Waals surface area (Å²) in [7, 11) is 0. The average Bonchev–Trinajstić information content (AvgIpc) is 3.18. The highest BCUT2D eigenvalue weighted by Gasteiger charge is 2.23. The molecule has 2 N–H and O–H groups in total. The Bertz CT molecular complexity index is 903. The molecular formula is C22H31N4O3+. The molecule has 0 spiro atoms. The summed E-state index contributed by atoms with van der Waals surface area (Å²) in [4.78, 5) is 24.0. The van der Waals surface area contributed by atoms with Crippen molar-refractivity contribution in [1.82, 2.24) is 9.97 Å². The monoisotopic (exact) mass is 399 g/mol. The van der Waals surface area contributed by atoms with Crippen molar-refractivity contribution in [3.63, 3.8) is 0 Å². The predicted molar refractivity (Wildman–Crippen MR) is 112 cm³/mol. The number of ether oxygens (including phenoxy) is 2. The first kappa shape index (κ1) is 19.8. The summed E-state index contributed by atoms with van der Waals surface area (Å²) < 4.78 is 10.9. The summed E-state index contributed by atoms with van der Waals surface area (Å²) in [6, 6.07) is 6.20. The summed E-state index contributed by atoms with van der Waals surface area (Å²) in [5.41, 5.74) is 3.00. The van der Waals surface area contributed by atoms with Crippen LogP contribution in [0.3, 0.4) is 0 Å². The van der Waals surface area contributed by atoms with Crippen LogP contribution in [0.25, 0.3) is 0 Å². The van der Waals surface area contributed by atoms with E-state index in [1.165, 1.54) is 10.5 Å². The molecule has 0 bridgehead atoms. The van der Waals surface area contributed by atoms with Gasteiger partial charge in [-0.25, -0.2) is 4.98 Å². The van der Waals surface area contributed by atoms with Crippen molar-refractivity contribution in [2.45, 2.75) is 46.1 Å². The fourth-order valence-corrected chi connectivity index (χ4v) is 4.14. The molecule has 1 aromatic carbocycles. The van der Waals surface area contributed by atoms with Crippen LogP contribution in [-0.2, 0) is 13.0 Å². The molecule has 0 saturated carbocycles. The fourth-order valence-electron chi connectivity index (χ4n) is 4.14. The van der Waals surface area contributed by atoms with Crippen molar-refractivity contribution < 1.29 is 14.4 Å². The van der Waals surface area contributed by atoms with Gasteiger partial charge in [0.2, 0.25) is 12.7 Å². The predicted octanol–water partition coefficient (Wildman–Crippen LogP) is 1.44. The van der Waals surface area contributed by atoms with Gasteiger partial charge in [-0.1, -0.05) is 19.8 Å². The first-order valence-corrected chi connectivity index (χ1v) is 10.7. The van der Waals surface area contributed by atoms with E-state index in [9.17, 15) is 4.79 Å². The molecule has 7 nitrogen and oxygen atoms in total. The lowest BCUT2D eigenvalue weighted by atomic mass is 10.1. The Kier molecular flexibility index (Phi) is 6.04. The summed E-state index contributed by atoms with van der Waals surface area (Å²) in [6.07, 6.45) is 4.16. The zero-order valence-corrected chi connectivity index (χ0v) is 17.4. The van der Waals surface area contributed by atoms with Gasteiger partial charge in [-0.2, -0.15) is 0 Å². The Morgan fingerprint density at radius 1 is 1.17 bits per heavy atom. The second kappa shape index (κ2) is 8.86. The van der Waals surface area contributed by atoms with E-state index in [1.54, 1.807) is 0 Å². The Morgan fingerprint density at radius 3 is 2.72 bits per heavy atom. The topological polar surface area (TPSA) is 71.9 Å². The lowest BCUT2D eigenvalue weighted by molar-refractivity contribution is -0.914. The molecule has 0 aliphatic carbocycles. The summed E-state index contributed by atoms with van der Waals surface area (Å²) in [5, 5.41) is 0. The van der Waals surface area contributed by atoms with Crippen LogP contribution >= 0.6 is 0 Å². The first-order valence-electron chi connectivity index (χ1n) is 10.7. The number of fused-ring (bicyclic) bond motifs is 1. The Morgan fingerprint density at radius 2 is 1.97 bits per heavy atom. The quantitative estimate of drug-likeness (QED) is 0.690. The Labute approximate surface area is 171 Å². The highest BCUT2D eigenvalue weighted by Crippen LogP contribution is 2.32. The normalized spacial score (nSPS) is 16.4. The molecule has 2 aliphatic rings. The minimum atomic E-state index is 0.0266. The van der Waals surface area contributed by atoms with Gasteiger partial charge in [-0.15, -0.1) is 0 Å². The van der Waals surface area contributed by atoms with Crippen molar-refractivity contribution in [3.8, 4) is 11.5 Å². The first-order chi connectivity index (χ1) is 14.1. The van der Waals surface area contributed by atoms with Gasteiger partial charge in [0.1, 0.15) is 6.54 Å². The largest absolute Gasteiger partial charge is 0.454 e. The van der Waals surface area contributed by atoms with Gasteiger partial charge < -0.3 is 19.3 Å². The van der Waals surface area contributed by atoms with Gasteiger partial charge in [0.05, 0.1) is 26.2 Å². The third-order valence-electron chi connectivity index (χ3n) is 5.90. The van der Waals surface area contributed by atoms with E-state index < -0.39 is 0 Å². The molecule has 29 heavy (non-hydrogen) atoms. The molecule has 0 unspecified atom stereocenters. The van der Waals surface area contributed by atoms with Crippen LogP contribution in [0.4, 0.5) is 5.95 Å². The molecule has 1 fully saturated rings. The average molecular weight is 400 g/mol. The van der Waals surface area contributed by atoms with Gasteiger partial charge in [-0.05, 0) is 38.0 Å². The van der Waals surface area contributed by atoms with E-state index in [2.05, 4.69) is 28.9 Å². The van der Waals surface area contributed by atoms with Gasteiger partial charge in [-0.3, -0.25) is 9.78 Å². The molecule has 3 heterocycles.